The number of carbonyl (C=O) groups is 2. The number of hydrogen-bond acceptors (Lipinski definition) is 6. The van der Waals surface area contributed by atoms with Gasteiger partial charge in [-0.15, -0.1) is 0 Å². The fourth-order valence-corrected chi connectivity index (χ4v) is 6.13. The first-order valence-electron chi connectivity index (χ1n) is 18.6. The van der Waals surface area contributed by atoms with Gasteiger partial charge in [-0.3, -0.25) is 9.78 Å². The van der Waals surface area contributed by atoms with Crippen LogP contribution in [0, 0.1) is 11.8 Å². The summed E-state index contributed by atoms with van der Waals surface area (Å²) in [5.74, 6) is 0.954. The summed E-state index contributed by atoms with van der Waals surface area (Å²) in [6, 6.07) is 2.43. The zero-order valence-electron chi connectivity index (χ0n) is 32.0. The molecule has 0 bridgehead atoms. The fraction of sp³-hybridized carbons (Fsp3) is 0.842. The van der Waals surface area contributed by atoms with Crippen molar-refractivity contribution in [3.63, 3.8) is 0 Å². The average Bonchev–Trinajstić information content (AvgIpc) is 3.80. The molecule has 0 radical (unpaired) electrons. The molecular weight excluding hydrogens is 588 g/mol. The maximum atomic E-state index is 12.2. The van der Waals surface area contributed by atoms with Crippen LogP contribution in [-0.2, 0) is 4.74 Å². The SMILES string of the molecule is CC(C)C(NC(=O)c1cnccn1)C1CCCCC1.CC(C)NC(=O)NC1CCCCC1.CC(C)NC1CC1.CC(C)OC(C)(C)C. The molecule has 3 fully saturated rings. The highest BCUT2D eigenvalue weighted by atomic mass is 16.5. The lowest BCUT2D eigenvalue weighted by Gasteiger charge is -2.33. The van der Waals surface area contributed by atoms with Gasteiger partial charge in [-0.25, -0.2) is 9.78 Å². The molecule has 3 aliphatic carbocycles. The second kappa shape index (κ2) is 23.2. The van der Waals surface area contributed by atoms with E-state index in [1.807, 2.05) is 27.7 Å². The Hall–Kier alpha value is -2.26. The van der Waals surface area contributed by atoms with Crippen molar-refractivity contribution in [3.8, 4) is 0 Å². The topological polar surface area (TPSA) is 117 Å². The smallest absolute Gasteiger partial charge is 0.315 e. The van der Waals surface area contributed by atoms with Crippen molar-refractivity contribution in [2.45, 2.75) is 195 Å². The van der Waals surface area contributed by atoms with E-state index in [2.05, 4.69) is 79.7 Å². The molecule has 3 amide bonds. The molecule has 272 valence electrons. The number of nitrogens with zero attached hydrogens (tertiary/aromatic N) is 2. The Morgan fingerprint density at radius 1 is 0.745 bits per heavy atom. The van der Waals surface area contributed by atoms with E-state index in [1.54, 1.807) is 12.4 Å². The maximum absolute atomic E-state index is 12.2. The van der Waals surface area contributed by atoms with Gasteiger partial charge >= 0.3 is 6.03 Å². The molecule has 9 nitrogen and oxygen atoms in total. The molecule has 3 aliphatic rings. The van der Waals surface area contributed by atoms with Crippen molar-refractivity contribution < 1.29 is 14.3 Å². The largest absolute Gasteiger partial charge is 0.373 e. The van der Waals surface area contributed by atoms with Gasteiger partial charge in [-0.05, 0) is 98.8 Å². The predicted octanol–water partition coefficient (Wildman–Crippen LogP) is 8.19. The summed E-state index contributed by atoms with van der Waals surface area (Å²) in [7, 11) is 0. The van der Waals surface area contributed by atoms with Crippen LogP contribution >= 0.6 is 0 Å². The summed E-state index contributed by atoms with van der Waals surface area (Å²) in [6.45, 7) is 23.0. The van der Waals surface area contributed by atoms with Crippen LogP contribution in [0.15, 0.2) is 18.6 Å². The van der Waals surface area contributed by atoms with Gasteiger partial charge in [0.2, 0.25) is 0 Å². The van der Waals surface area contributed by atoms with Gasteiger partial charge in [0.15, 0.2) is 0 Å². The number of rotatable bonds is 9. The van der Waals surface area contributed by atoms with E-state index in [1.165, 1.54) is 70.4 Å². The molecular formula is C38H72N6O3. The van der Waals surface area contributed by atoms with E-state index in [-0.39, 0.29) is 29.6 Å². The summed E-state index contributed by atoms with van der Waals surface area (Å²) >= 11 is 0. The van der Waals surface area contributed by atoms with Gasteiger partial charge in [0.1, 0.15) is 5.69 Å². The van der Waals surface area contributed by atoms with Crippen LogP contribution in [0.1, 0.15) is 164 Å². The lowest BCUT2D eigenvalue weighted by molar-refractivity contribution is -0.0424. The molecule has 1 aromatic heterocycles. The van der Waals surface area contributed by atoms with Crippen molar-refractivity contribution in [2.75, 3.05) is 0 Å². The molecule has 1 aromatic rings. The van der Waals surface area contributed by atoms with Crippen molar-refractivity contribution in [1.82, 2.24) is 31.2 Å². The Balaban J connectivity index is 0.000000341. The highest BCUT2D eigenvalue weighted by molar-refractivity contribution is 5.92. The van der Waals surface area contributed by atoms with Gasteiger partial charge in [0.25, 0.3) is 5.91 Å². The van der Waals surface area contributed by atoms with E-state index in [9.17, 15) is 9.59 Å². The van der Waals surface area contributed by atoms with Crippen molar-refractivity contribution in [2.24, 2.45) is 11.8 Å². The number of aromatic nitrogens is 2. The van der Waals surface area contributed by atoms with E-state index < -0.39 is 0 Å². The number of carbonyl (C=O) groups excluding carboxylic acids is 2. The van der Waals surface area contributed by atoms with Crippen molar-refractivity contribution in [3.05, 3.63) is 24.3 Å². The van der Waals surface area contributed by atoms with Crippen LogP contribution < -0.4 is 21.3 Å². The quantitative estimate of drug-likeness (QED) is 0.212. The number of hydrogen-bond donors (Lipinski definition) is 4. The minimum Gasteiger partial charge on any atom is -0.373 e. The summed E-state index contributed by atoms with van der Waals surface area (Å²) in [5.41, 5.74) is 0.428. The summed E-state index contributed by atoms with van der Waals surface area (Å²) < 4.78 is 5.44. The lowest BCUT2D eigenvalue weighted by atomic mass is 9.79. The molecule has 9 heteroatoms. The molecule has 0 aromatic carbocycles. The Morgan fingerprint density at radius 3 is 1.70 bits per heavy atom. The van der Waals surface area contributed by atoms with Crippen LogP contribution in [0.2, 0.25) is 0 Å². The zero-order chi connectivity index (χ0) is 35.4. The average molecular weight is 661 g/mol. The van der Waals surface area contributed by atoms with E-state index >= 15 is 0 Å². The maximum Gasteiger partial charge on any atom is 0.315 e. The number of ether oxygens (including phenoxy) is 1. The summed E-state index contributed by atoms with van der Waals surface area (Å²) in [5, 5.41) is 12.4. The molecule has 47 heavy (non-hydrogen) atoms. The molecule has 1 heterocycles. The second-order valence-corrected chi connectivity index (χ2v) is 15.7. The highest BCUT2D eigenvalue weighted by Crippen LogP contribution is 2.29. The second-order valence-electron chi connectivity index (χ2n) is 15.7. The monoisotopic (exact) mass is 661 g/mol. The van der Waals surface area contributed by atoms with Gasteiger partial charge in [0, 0.05) is 42.6 Å². The molecule has 4 N–H and O–H groups in total. The molecule has 0 spiro atoms. The molecule has 0 saturated heterocycles. The first kappa shape index (κ1) is 42.8. The van der Waals surface area contributed by atoms with Crippen molar-refractivity contribution in [1.29, 1.82) is 0 Å². The van der Waals surface area contributed by atoms with Crippen LogP contribution in [0.5, 0.6) is 0 Å². The van der Waals surface area contributed by atoms with Crippen LogP contribution in [0.25, 0.3) is 0 Å². The summed E-state index contributed by atoms with van der Waals surface area (Å²) in [4.78, 5) is 31.5. The third-order valence-electron chi connectivity index (χ3n) is 8.07. The standard InChI is InChI=1S/C15H23N3O.C10H20N2O.C7H16O.C6H13N/c1-11(2)14(12-6-4-3-5-7-12)18-15(19)13-10-16-8-9-17-13;1-8(2)11-10(13)12-9-6-4-3-5-7-9;1-6(2)8-7(3,4)5;1-5(2)7-6-3-4-6/h8-12,14H,3-7H2,1-2H3,(H,18,19);8-9H,3-7H2,1-2H3,(H2,11,12,13);6H,1-5H3;5-7H,3-4H2,1-2H3. The zero-order valence-corrected chi connectivity index (χ0v) is 32.0. The Kier molecular flexibility index (Phi) is 21.1. The first-order chi connectivity index (χ1) is 22.1. The fourth-order valence-electron chi connectivity index (χ4n) is 6.13. The number of urea groups is 1. The summed E-state index contributed by atoms with van der Waals surface area (Å²) in [6.07, 6.45) is 20.3. The predicted molar refractivity (Wildman–Crippen MR) is 196 cm³/mol. The Labute approximate surface area is 288 Å². The van der Waals surface area contributed by atoms with E-state index in [4.69, 9.17) is 4.74 Å². The minimum absolute atomic E-state index is 0.0121. The third kappa shape index (κ3) is 22.9. The number of nitrogens with one attached hydrogen (secondary N) is 4. The Bertz CT molecular complexity index is 948. The normalized spacial score (nSPS) is 17.9. The van der Waals surface area contributed by atoms with Crippen LogP contribution in [0.4, 0.5) is 4.79 Å². The first-order valence-corrected chi connectivity index (χ1v) is 18.6. The molecule has 4 rings (SSSR count). The van der Waals surface area contributed by atoms with Gasteiger partial charge in [-0.2, -0.15) is 0 Å². The molecule has 1 atom stereocenters. The third-order valence-corrected chi connectivity index (χ3v) is 8.07. The highest BCUT2D eigenvalue weighted by Gasteiger charge is 2.28. The van der Waals surface area contributed by atoms with E-state index in [0.717, 1.165) is 18.9 Å². The Morgan fingerprint density at radius 2 is 1.32 bits per heavy atom. The van der Waals surface area contributed by atoms with Crippen LogP contribution in [-0.4, -0.2) is 63.8 Å². The van der Waals surface area contributed by atoms with Gasteiger partial charge in [0.05, 0.1) is 17.9 Å². The number of amides is 3. The van der Waals surface area contributed by atoms with Gasteiger partial charge in [-0.1, -0.05) is 66.2 Å². The molecule has 3 saturated carbocycles. The van der Waals surface area contributed by atoms with Crippen LogP contribution in [0.3, 0.4) is 0 Å². The van der Waals surface area contributed by atoms with Gasteiger partial charge < -0.3 is 26.0 Å². The molecule has 0 aliphatic heterocycles. The minimum atomic E-state index is -0.0997. The lowest BCUT2D eigenvalue weighted by Crippen LogP contribution is -2.45. The van der Waals surface area contributed by atoms with Crippen molar-refractivity contribution >= 4 is 11.9 Å². The van der Waals surface area contributed by atoms with E-state index in [0.29, 0.717) is 35.7 Å². The molecule has 1 unspecified atom stereocenters.